The number of rotatable bonds is 5. The summed E-state index contributed by atoms with van der Waals surface area (Å²) in [7, 11) is 0. The Morgan fingerprint density at radius 2 is 1.64 bits per heavy atom. The second kappa shape index (κ2) is 8.57. The van der Waals surface area contributed by atoms with Crippen molar-refractivity contribution in [2.45, 2.75) is 64.5 Å². The molecule has 1 aliphatic carbocycles. The van der Waals surface area contributed by atoms with Crippen molar-refractivity contribution in [2.75, 3.05) is 0 Å². The fraction of sp³-hybridized carbons (Fsp3) is 0.556. The van der Waals surface area contributed by atoms with Crippen LogP contribution in [0, 0.1) is 6.92 Å². The molecule has 2 N–H and O–H groups in total. The fourth-order valence-electron chi connectivity index (χ4n) is 2.82. The number of aryl methyl sites for hydroxylation is 1. The van der Waals surface area contributed by atoms with Gasteiger partial charge in [-0.2, -0.15) is 0 Å². The Hall–Kier alpha value is -1.84. The largest absolute Gasteiger partial charge is 0.353 e. The van der Waals surface area contributed by atoms with Gasteiger partial charge in [0.15, 0.2) is 0 Å². The summed E-state index contributed by atoms with van der Waals surface area (Å²) < 4.78 is 0. The van der Waals surface area contributed by atoms with E-state index in [9.17, 15) is 9.59 Å². The highest BCUT2D eigenvalue weighted by atomic mass is 16.2. The number of carbonyl (C=O) groups excluding carboxylic acids is 2. The third-order valence-corrected chi connectivity index (χ3v) is 4.15. The molecule has 0 saturated heterocycles. The van der Waals surface area contributed by atoms with Gasteiger partial charge in [0.25, 0.3) is 0 Å². The third-order valence-electron chi connectivity index (χ3n) is 4.15. The topological polar surface area (TPSA) is 58.2 Å². The Balaban J connectivity index is 1.69. The second-order valence-corrected chi connectivity index (χ2v) is 6.20. The molecular weight excluding hydrogens is 276 g/mol. The molecule has 4 nitrogen and oxygen atoms in total. The van der Waals surface area contributed by atoms with Crippen molar-refractivity contribution in [3.63, 3.8) is 0 Å². The molecule has 2 amide bonds. The maximum atomic E-state index is 11.9. The minimum absolute atomic E-state index is 0.0810. The molecule has 1 saturated carbocycles. The summed E-state index contributed by atoms with van der Waals surface area (Å²) >= 11 is 0. The van der Waals surface area contributed by atoms with E-state index in [-0.39, 0.29) is 24.3 Å². The summed E-state index contributed by atoms with van der Waals surface area (Å²) in [5.41, 5.74) is 2.24. The van der Waals surface area contributed by atoms with Crippen LogP contribution >= 0.6 is 0 Å². The Bertz CT molecular complexity index is 488. The predicted molar refractivity (Wildman–Crippen MR) is 87.3 cm³/mol. The van der Waals surface area contributed by atoms with Gasteiger partial charge in [0.1, 0.15) is 6.42 Å². The smallest absolute Gasteiger partial charge is 0.229 e. The highest BCUT2D eigenvalue weighted by Gasteiger charge is 2.16. The normalized spacial score (nSPS) is 15.9. The number of nitrogens with one attached hydrogen (secondary N) is 2. The first-order valence-electron chi connectivity index (χ1n) is 8.25. The van der Waals surface area contributed by atoms with Crippen molar-refractivity contribution < 1.29 is 9.59 Å². The zero-order valence-electron chi connectivity index (χ0n) is 13.4. The lowest BCUT2D eigenvalue weighted by Gasteiger charge is -2.16. The monoisotopic (exact) mass is 302 g/mol. The van der Waals surface area contributed by atoms with Crippen molar-refractivity contribution in [3.8, 4) is 0 Å². The van der Waals surface area contributed by atoms with E-state index in [1.165, 1.54) is 31.2 Å². The van der Waals surface area contributed by atoms with E-state index in [1.807, 2.05) is 31.2 Å². The van der Waals surface area contributed by atoms with Crippen LogP contribution < -0.4 is 10.6 Å². The Morgan fingerprint density at radius 1 is 1.00 bits per heavy atom. The molecule has 0 bridgehead atoms. The number of hydrogen-bond donors (Lipinski definition) is 2. The zero-order chi connectivity index (χ0) is 15.8. The first-order chi connectivity index (χ1) is 10.6. The summed E-state index contributed by atoms with van der Waals surface area (Å²) in [6.07, 6.45) is 6.84. The molecule has 4 heteroatoms. The van der Waals surface area contributed by atoms with E-state index in [2.05, 4.69) is 10.6 Å². The van der Waals surface area contributed by atoms with Gasteiger partial charge in [-0.1, -0.05) is 55.5 Å². The van der Waals surface area contributed by atoms with Crippen LogP contribution in [-0.2, 0) is 16.1 Å². The minimum atomic E-state index is -0.216. The van der Waals surface area contributed by atoms with E-state index in [0.717, 1.165) is 18.4 Å². The van der Waals surface area contributed by atoms with Crippen LogP contribution in [0.5, 0.6) is 0 Å². The summed E-state index contributed by atoms with van der Waals surface area (Å²) in [5.74, 6) is -0.375. The highest BCUT2D eigenvalue weighted by molar-refractivity contribution is 5.96. The molecule has 1 aromatic rings. The van der Waals surface area contributed by atoms with Gasteiger partial charge in [-0.05, 0) is 25.3 Å². The lowest BCUT2D eigenvalue weighted by molar-refractivity contribution is -0.129. The van der Waals surface area contributed by atoms with Gasteiger partial charge >= 0.3 is 0 Å². The van der Waals surface area contributed by atoms with E-state index in [1.54, 1.807) is 0 Å². The first-order valence-corrected chi connectivity index (χ1v) is 8.25. The third kappa shape index (κ3) is 5.88. The molecular formula is C18H26N2O2. The van der Waals surface area contributed by atoms with Crippen molar-refractivity contribution >= 4 is 11.8 Å². The van der Waals surface area contributed by atoms with Crippen LogP contribution in [0.4, 0.5) is 0 Å². The van der Waals surface area contributed by atoms with Crippen LogP contribution in [-0.4, -0.2) is 17.9 Å². The lowest BCUT2D eigenvalue weighted by Crippen LogP contribution is -2.37. The van der Waals surface area contributed by atoms with Crippen molar-refractivity contribution in [1.82, 2.24) is 10.6 Å². The zero-order valence-corrected chi connectivity index (χ0v) is 13.4. The number of benzene rings is 1. The number of carbonyl (C=O) groups is 2. The molecule has 0 aliphatic heterocycles. The molecule has 0 atom stereocenters. The maximum absolute atomic E-state index is 11.9. The molecule has 120 valence electrons. The Kier molecular flexibility index (Phi) is 6.44. The first kappa shape index (κ1) is 16.5. The van der Waals surface area contributed by atoms with Gasteiger partial charge in [-0.25, -0.2) is 0 Å². The van der Waals surface area contributed by atoms with Gasteiger partial charge in [0.2, 0.25) is 11.8 Å². The van der Waals surface area contributed by atoms with Crippen molar-refractivity contribution in [1.29, 1.82) is 0 Å². The number of hydrogen-bond acceptors (Lipinski definition) is 2. The summed E-state index contributed by atoms with van der Waals surface area (Å²) in [6, 6.07) is 8.25. The molecule has 0 spiro atoms. The summed E-state index contributed by atoms with van der Waals surface area (Å²) in [6.45, 7) is 2.50. The van der Waals surface area contributed by atoms with Crippen molar-refractivity contribution in [2.24, 2.45) is 0 Å². The van der Waals surface area contributed by atoms with E-state index in [4.69, 9.17) is 0 Å². The number of amides is 2. The average molecular weight is 302 g/mol. The van der Waals surface area contributed by atoms with Crippen LogP contribution in [0.25, 0.3) is 0 Å². The van der Waals surface area contributed by atoms with Gasteiger partial charge in [0.05, 0.1) is 0 Å². The molecule has 1 fully saturated rings. The molecule has 0 radical (unpaired) electrons. The highest BCUT2D eigenvalue weighted by Crippen LogP contribution is 2.17. The van der Waals surface area contributed by atoms with Gasteiger partial charge in [0, 0.05) is 12.6 Å². The molecule has 1 aromatic carbocycles. The molecule has 22 heavy (non-hydrogen) atoms. The quantitative estimate of drug-likeness (QED) is 0.649. The summed E-state index contributed by atoms with van der Waals surface area (Å²) in [5, 5.41) is 5.79. The predicted octanol–water partition coefficient (Wildman–Crippen LogP) is 2.84. The van der Waals surface area contributed by atoms with Crippen LogP contribution in [0.2, 0.25) is 0 Å². The minimum Gasteiger partial charge on any atom is -0.353 e. The fourth-order valence-corrected chi connectivity index (χ4v) is 2.82. The molecule has 0 heterocycles. The van der Waals surface area contributed by atoms with Gasteiger partial charge in [-0.15, -0.1) is 0 Å². The van der Waals surface area contributed by atoms with Crippen molar-refractivity contribution in [3.05, 3.63) is 35.4 Å². The van der Waals surface area contributed by atoms with Crippen LogP contribution in [0.1, 0.15) is 56.1 Å². The van der Waals surface area contributed by atoms with E-state index < -0.39 is 0 Å². The van der Waals surface area contributed by atoms with Crippen LogP contribution in [0.3, 0.4) is 0 Å². The van der Waals surface area contributed by atoms with E-state index >= 15 is 0 Å². The standard InChI is InChI=1S/C18H26N2O2/c1-14-8-10-15(11-9-14)13-19-17(21)12-18(22)20-16-6-4-2-3-5-7-16/h8-11,16H,2-7,12-13H2,1H3,(H,19,21)(H,20,22). The van der Waals surface area contributed by atoms with Crippen LogP contribution in [0.15, 0.2) is 24.3 Å². The molecule has 1 aliphatic rings. The summed E-state index contributed by atoms with van der Waals surface area (Å²) in [4.78, 5) is 23.7. The average Bonchev–Trinajstić information content (AvgIpc) is 2.75. The molecule has 0 aromatic heterocycles. The van der Waals surface area contributed by atoms with Gasteiger partial charge < -0.3 is 10.6 Å². The van der Waals surface area contributed by atoms with Gasteiger partial charge in [-0.3, -0.25) is 9.59 Å². The Morgan fingerprint density at radius 3 is 2.27 bits per heavy atom. The second-order valence-electron chi connectivity index (χ2n) is 6.20. The molecule has 0 unspecified atom stereocenters. The maximum Gasteiger partial charge on any atom is 0.229 e. The molecule has 2 rings (SSSR count). The lowest BCUT2D eigenvalue weighted by atomic mass is 10.1. The van der Waals surface area contributed by atoms with E-state index in [0.29, 0.717) is 6.54 Å². The Labute approximate surface area is 132 Å². The SMILES string of the molecule is Cc1ccc(CNC(=O)CC(=O)NC2CCCCCC2)cc1.